The van der Waals surface area contributed by atoms with Gasteiger partial charge in [-0.05, 0) is 56.0 Å². The van der Waals surface area contributed by atoms with E-state index < -0.39 is 15.4 Å². The zero-order valence-corrected chi connectivity index (χ0v) is 14.0. The van der Waals surface area contributed by atoms with E-state index in [1.807, 2.05) is 13.0 Å². The van der Waals surface area contributed by atoms with Crippen LogP contribution in [0.5, 0.6) is 0 Å². The minimum absolute atomic E-state index is 0.291. The number of hydrazine groups is 2. The lowest BCUT2D eigenvalue weighted by Gasteiger charge is -2.29. The number of rotatable bonds is 3. The van der Waals surface area contributed by atoms with Crippen molar-refractivity contribution in [3.05, 3.63) is 29.3 Å². The monoisotopic (exact) mass is 323 g/mol. The van der Waals surface area contributed by atoms with Crippen LogP contribution < -0.4 is 21.7 Å². The van der Waals surface area contributed by atoms with Crippen molar-refractivity contribution >= 4 is 9.84 Å². The lowest BCUT2D eigenvalue weighted by molar-refractivity contribution is 0.391. The summed E-state index contributed by atoms with van der Waals surface area (Å²) < 4.78 is 24.7. The van der Waals surface area contributed by atoms with E-state index in [1.165, 1.54) is 6.26 Å². The average molecular weight is 323 g/mol. The first-order valence-electron chi connectivity index (χ1n) is 7.51. The topological polar surface area (TPSA) is 82.3 Å². The van der Waals surface area contributed by atoms with E-state index in [2.05, 4.69) is 34.7 Å². The van der Waals surface area contributed by atoms with Crippen LogP contribution in [-0.2, 0) is 20.9 Å². The largest absolute Gasteiger partial charge is 0.257 e. The van der Waals surface area contributed by atoms with Crippen molar-refractivity contribution in [1.82, 2.24) is 21.7 Å². The number of hydrogen-bond acceptors (Lipinski definition) is 6. The average Bonchev–Trinajstić information content (AvgIpc) is 3.08. The van der Waals surface area contributed by atoms with Gasteiger partial charge in [0, 0.05) is 19.3 Å². The Balaban J connectivity index is 2.12. The molecule has 2 atom stereocenters. The van der Waals surface area contributed by atoms with Gasteiger partial charge in [-0.25, -0.2) is 19.3 Å². The van der Waals surface area contributed by atoms with Crippen LogP contribution in [0.1, 0.15) is 37.8 Å². The Bertz CT molecular complexity index is 675. The Labute approximate surface area is 131 Å². The van der Waals surface area contributed by atoms with Gasteiger partial charge in [0.05, 0.1) is 16.0 Å². The highest BCUT2D eigenvalue weighted by Gasteiger charge is 2.37. The number of nitrogens with one attached hydrogen (secondary N) is 4. The molecule has 1 aromatic rings. The molecule has 121 valence electrons. The van der Waals surface area contributed by atoms with Gasteiger partial charge in [-0.1, -0.05) is 0 Å². The fraction of sp³-hybridized carbons (Fsp3) is 0.600. The van der Waals surface area contributed by atoms with Gasteiger partial charge < -0.3 is 0 Å². The number of benzene rings is 1. The summed E-state index contributed by atoms with van der Waals surface area (Å²) in [6.45, 7) is 5.73. The molecule has 2 heterocycles. The van der Waals surface area contributed by atoms with Gasteiger partial charge in [0.25, 0.3) is 0 Å². The minimum atomic E-state index is -3.32. The zero-order chi connectivity index (χ0) is 16.0. The standard InChI is InChI=1S/C15H23N4O2S/c1-14(6-8-16-18-14)11-4-5-12(13(10-11)22(3,20)21)15(2)7-9-17-19-15/h5,10,16-19H,6-9H2,1-3H3. The molecular weight excluding hydrogens is 300 g/mol. The van der Waals surface area contributed by atoms with E-state index in [9.17, 15) is 8.42 Å². The molecule has 22 heavy (non-hydrogen) atoms. The molecule has 3 rings (SSSR count). The van der Waals surface area contributed by atoms with Crippen molar-refractivity contribution in [2.45, 2.75) is 42.7 Å². The third kappa shape index (κ3) is 2.68. The fourth-order valence-corrected chi connectivity index (χ4v) is 4.21. The lowest BCUT2D eigenvalue weighted by Crippen LogP contribution is -2.40. The summed E-state index contributed by atoms with van der Waals surface area (Å²) in [5, 5.41) is 0. The van der Waals surface area contributed by atoms with Crippen LogP contribution >= 0.6 is 0 Å². The molecule has 0 aliphatic carbocycles. The molecule has 6 nitrogen and oxygen atoms in total. The van der Waals surface area contributed by atoms with Crippen LogP contribution in [0.4, 0.5) is 0 Å². The second kappa shape index (κ2) is 5.28. The van der Waals surface area contributed by atoms with Crippen LogP contribution in [-0.4, -0.2) is 27.8 Å². The van der Waals surface area contributed by atoms with Crippen molar-refractivity contribution in [3.63, 3.8) is 0 Å². The number of sulfone groups is 1. The van der Waals surface area contributed by atoms with Crippen molar-refractivity contribution < 1.29 is 8.42 Å². The fourth-order valence-electron chi connectivity index (χ4n) is 3.20. The minimum Gasteiger partial charge on any atom is -0.257 e. The van der Waals surface area contributed by atoms with Gasteiger partial charge in [0.1, 0.15) is 0 Å². The summed E-state index contributed by atoms with van der Waals surface area (Å²) >= 11 is 0. The predicted octanol–water partition coefficient (Wildman–Crippen LogP) is 0.316. The van der Waals surface area contributed by atoms with Crippen molar-refractivity contribution in [3.8, 4) is 0 Å². The Kier molecular flexibility index (Phi) is 3.81. The summed E-state index contributed by atoms with van der Waals surface area (Å²) in [6.07, 6.45) is 2.99. The molecule has 4 N–H and O–H groups in total. The van der Waals surface area contributed by atoms with E-state index >= 15 is 0 Å². The molecule has 0 amide bonds. The molecule has 0 bridgehead atoms. The summed E-state index contributed by atoms with van der Waals surface area (Å²) in [7, 11) is -3.32. The maximum Gasteiger partial charge on any atom is 0.175 e. The Hall–Kier alpha value is -0.990. The lowest BCUT2D eigenvalue weighted by atomic mass is 9.85. The van der Waals surface area contributed by atoms with E-state index in [-0.39, 0.29) is 5.54 Å². The van der Waals surface area contributed by atoms with E-state index in [4.69, 9.17) is 0 Å². The Morgan fingerprint density at radius 3 is 2.18 bits per heavy atom. The molecule has 7 heteroatoms. The molecule has 1 aromatic carbocycles. The van der Waals surface area contributed by atoms with Gasteiger partial charge >= 0.3 is 0 Å². The van der Waals surface area contributed by atoms with Crippen molar-refractivity contribution in [2.75, 3.05) is 19.3 Å². The molecule has 0 spiro atoms. The molecule has 0 saturated carbocycles. The van der Waals surface area contributed by atoms with Crippen molar-refractivity contribution in [2.24, 2.45) is 0 Å². The second-order valence-corrected chi connectivity index (χ2v) is 8.65. The van der Waals surface area contributed by atoms with Crippen LogP contribution in [0.2, 0.25) is 0 Å². The van der Waals surface area contributed by atoms with E-state index in [0.29, 0.717) is 4.90 Å². The molecule has 2 unspecified atom stereocenters. The summed E-state index contributed by atoms with van der Waals surface area (Å²) in [4.78, 5) is 0.384. The highest BCUT2D eigenvalue weighted by molar-refractivity contribution is 7.90. The summed E-state index contributed by atoms with van der Waals surface area (Å²) in [5.74, 6) is 0. The van der Waals surface area contributed by atoms with Crippen LogP contribution in [0, 0.1) is 6.07 Å². The smallest absolute Gasteiger partial charge is 0.175 e. The normalized spacial score (nSPS) is 32.5. The molecule has 2 fully saturated rings. The maximum atomic E-state index is 12.3. The van der Waals surface area contributed by atoms with Crippen LogP contribution in [0.15, 0.2) is 17.0 Å². The van der Waals surface area contributed by atoms with Gasteiger partial charge in [-0.2, -0.15) is 0 Å². The number of hydrogen-bond donors (Lipinski definition) is 4. The van der Waals surface area contributed by atoms with E-state index in [1.54, 1.807) is 6.07 Å². The maximum absolute atomic E-state index is 12.3. The van der Waals surface area contributed by atoms with Crippen molar-refractivity contribution in [1.29, 1.82) is 0 Å². The molecule has 2 aliphatic rings. The first-order chi connectivity index (χ1) is 10.2. The molecule has 2 aliphatic heterocycles. The molecule has 0 aromatic heterocycles. The molecular formula is C15H23N4O2S. The highest BCUT2D eigenvalue weighted by atomic mass is 32.2. The van der Waals surface area contributed by atoms with E-state index in [0.717, 1.165) is 37.1 Å². The van der Waals surface area contributed by atoms with Gasteiger partial charge in [-0.3, -0.25) is 10.9 Å². The second-order valence-electron chi connectivity index (χ2n) is 6.66. The Morgan fingerprint density at radius 2 is 1.68 bits per heavy atom. The quantitative estimate of drug-likeness (QED) is 0.641. The predicted molar refractivity (Wildman–Crippen MR) is 84.6 cm³/mol. The molecule has 2 saturated heterocycles. The first kappa shape index (κ1) is 15.9. The highest BCUT2D eigenvalue weighted by Crippen LogP contribution is 2.35. The summed E-state index contributed by atoms with van der Waals surface area (Å²) in [5.41, 5.74) is 13.6. The molecule has 1 radical (unpaired) electrons. The SMILES string of the molecule is CC1(c2[c]cc(C3(C)CCNN3)c(S(C)(=O)=O)c2)CCNN1. The third-order valence-corrected chi connectivity index (χ3v) is 5.87. The van der Waals surface area contributed by atoms with Gasteiger partial charge in [0.2, 0.25) is 0 Å². The first-order valence-corrected chi connectivity index (χ1v) is 9.41. The third-order valence-electron chi connectivity index (χ3n) is 4.73. The van der Waals surface area contributed by atoms with Gasteiger partial charge in [0.15, 0.2) is 9.84 Å². The Morgan fingerprint density at radius 1 is 1.09 bits per heavy atom. The van der Waals surface area contributed by atoms with Gasteiger partial charge in [-0.15, -0.1) is 0 Å². The zero-order valence-electron chi connectivity index (χ0n) is 13.2. The van der Waals surface area contributed by atoms with Crippen LogP contribution in [0.3, 0.4) is 0 Å². The van der Waals surface area contributed by atoms with Crippen LogP contribution in [0.25, 0.3) is 0 Å². The summed E-state index contributed by atoms with van der Waals surface area (Å²) in [6, 6.07) is 6.90.